The Hall–Kier alpha value is -1.69. The number of nitrogens with two attached hydrogens (primary N) is 1. The second-order valence-electron chi connectivity index (χ2n) is 4.95. The van der Waals surface area contributed by atoms with E-state index < -0.39 is 5.54 Å². The Bertz CT molecular complexity index is 623. The molecule has 112 valence electrons. The molecule has 1 atom stereocenters. The first kappa shape index (κ1) is 15.7. The molecule has 6 heteroatoms. The SMILES string of the molecule is COCCn1ncc(Cl)c1C(=O)C(C)(N)c1ccccc1. The quantitative estimate of drug-likeness (QED) is 0.831. The van der Waals surface area contributed by atoms with E-state index >= 15 is 0 Å². The molecule has 0 fully saturated rings. The Morgan fingerprint density at radius 3 is 2.71 bits per heavy atom. The summed E-state index contributed by atoms with van der Waals surface area (Å²) in [4.78, 5) is 12.8. The van der Waals surface area contributed by atoms with Crippen molar-refractivity contribution in [2.45, 2.75) is 19.0 Å². The van der Waals surface area contributed by atoms with Crippen LogP contribution in [0.3, 0.4) is 0 Å². The first-order chi connectivity index (χ1) is 9.98. The summed E-state index contributed by atoms with van der Waals surface area (Å²) in [5, 5.41) is 4.40. The lowest BCUT2D eigenvalue weighted by Crippen LogP contribution is -2.43. The van der Waals surface area contributed by atoms with Crippen LogP contribution in [-0.2, 0) is 16.8 Å². The molecule has 1 heterocycles. The molecular weight excluding hydrogens is 290 g/mol. The van der Waals surface area contributed by atoms with Crippen LogP contribution in [-0.4, -0.2) is 29.3 Å². The van der Waals surface area contributed by atoms with Crippen LogP contribution in [0.1, 0.15) is 23.0 Å². The van der Waals surface area contributed by atoms with Crippen molar-refractivity contribution in [3.63, 3.8) is 0 Å². The van der Waals surface area contributed by atoms with Crippen LogP contribution in [0, 0.1) is 0 Å². The van der Waals surface area contributed by atoms with E-state index in [2.05, 4.69) is 5.10 Å². The Balaban J connectivity index is 2.38. The van der Waals surface area contributed by atoms with Crippen LogP contribution < -0.4 is 5.73 Å². The number of ketones is 1. The smallest absolute Gasteiger partial charge is 0.206 e. The van der Waals surface area contributed by atoms with Crippen molar-refractivity contribution in [1.29, 1.82) is 0 Å². The molecule has 21 heavy (non-hydrogen) atoms. The molecule has 1 aromatic carbocycles. The molecule has 0 aliphatic rings. The summed E-state index contributed by atoms with van der Waals surface area (Å²) >= 11 is 6.11. The van der Waals surface area contributed by atoms with E-state index in [9.17, 15) is 4.79 Å². The van der Waals surface area contributed by atoms with Gasteiger partial charge in [0.25, 0.3) is 0 Å². The third-order valence-corrected chi connectivity index (χ3v) is 3.64. The van der Waals surface area contributed by atoms with Gasteiger partial charge in [-0.15, -0.1) is 0 Å². The maximum atomic E-state index is 12.8. The predicted molar refractivity (Wildman–Crippen MR) is 81.4 cm³/mol. The molecule has 1 aromatic heterocycles. The lowest BCUT2D eigenvalue weighted by atomic mass is 9.87. The predicted octanol–water partition coefficient (Wildman–Crippen LogP) is 2.24. The number of aromatic nitrogens is 2. The van der Waals surface area contributed by atoms with Crippen LogP contribution in [0.4, 0.5) is 0 Å². The maximum absolute atomic E-state index is 12.8. The van der Waals surface area contributed by atoms with Crippen LogP contribution in [0.2, 0.25) is 5.02 Å². The number of carbonyl (C=O) groups excluding carboxylic acids is 1. The Kier molecular flexibility index (Phi) is 4.77. The van der Waals surface area contributed by atoms with Gasteiger partial charge in [-0.2, -0.15) is 5.10 Å². The van der Waals surface area contributed by atoms with Crippen molar-refractivity contribution in [2.24, 2.45) is 5.73 Å². The van der Waals surface area contributed by atoms with Crippen LogP contribution in [0.25, 0.3) is 0 Å². The lowest BCUT2D eigenvalue weighted by Gasteiger charge is -2.24. The number of halogens is 1. The average molecular weight is 308 g/mol. The lowest BCUT2D eigenvalue weighted by molar-refractivity contribution is 0.0885. The summed E-state index contributed by atoms with van der Waals surface area (Å²) in [6.45, 7) is 2.55. The van der Waals surface area contributed by atoms with Gasteiger partial charge >= 0.3 is 0 Å². The van der Waals surface area contributed by atoms with Gasteiger partial charge in [-0.1, -0.05) is 41.9 Å². The Morgan fingerprint density at radius 2 is 2.10 bits per heavy atom. The molecule has 0 amide bonds. The molecule has 1 unspecified atom stereocenters. The zero-order valence-corrected chi connectivity index (χ0v) is 12.8. The number of benzene rings is 1. The van der Waals surface area contributed by atoms with Gasteiger partial charge in [0.1, 0.15) is 11.2 Å². The van der Waals surface area contributed by atoms with Gasteiger partial charge in [-0.3, -0.25) is 9.48 Å². The van der Waals surface area contributed by atoms with Gasteiger partial charge in [0, 0.05) is 7.11 Å². The van der Waals surface area contributed by atoms with E-state index in [-0.39, 0.29) is 5.78 Å². The highest BCUT2D eigenvalue weighted by atomic mass is 35.5. The van der Waals surface area contributed by atoms with E-state index in [4.69, 9.17) is 22.1 Å². The number of nitrogens with zero attached hydrogens (tertiary/aromatic N) is 2. The van der Waals surface area contributed by atoms with Gasteiger partial charge in [0.15, 0.2) is 0 Å². The molecule has 5 nitrogen and oxygen atoms in total. The highest BCUT2D eigenvalue weighted by molar-refractivity contribution is 6.34. The molecular formula is C15H18ClN3O2. The Labute approximate surface area is 128 Å². The first-order valence-electron chi connectivity index (χ1n) is 6.58. The fourth-order valence-corrected chi connectivity index (χ4v) is 2.32. The summed E-state index contributed by atoms with van der Waals surface area (Å²) in [7, 11) is 1.59. The van der Waals surface area contributed by atoms with Crippen molar-refractivity contribution >= 4 is 17.4 Å². The molecule has 0 aliphatic carbocycles. The minimum Gasteiger partial charge on any atom is -0.383 e. The zero-order chi connectivity index (χ0) is 15.5. The molecule has 2 rings (SSSR count). The average Bonchev–Trinajstić information content (AvgIpc) is 2.86. The largest absolute Gasteiger partial charge is 0.383 e. The van der Waals surface area contributed by atoms with E-state index in [0.717, 1.165) is 5.56 Å². The first-order valence-corrected chi connectivity index (χ1v) is 6.95. The molecule has 0 spiro atoms. The standard InChI is InChI=1S/C15H18ClN3O2/c1-15(17,11-6-4-3-5-7-11)14(20)13-12(16)10-18-19(13)8-9-21-2/h3-7,10H,8-9,17H2,1-2H3. The van der Waals surface area contributed by atoms with Gasteiger partial charge in [-0.05, 0) is 12.5 Å². The van der Waals surface area contributed by atoms with Crippen molar-refractivity contribution in [2.75, 3.05) is 13.7 Å². The summed E-state index contributed by atoms with van der Waals surface area (Å²) in [6, 6.07) is 9.21. The normalized spacial score (nSPS) is 13.9. The second kappa shape index (κ2) is 6.39. The number of hydrogen-bond donors (Lipinski definition) is 1. The van der Waals surface area contributed by atoms with Crippen molar-refractivity contribution in [3.05, 3.63) is 52.8 Å². The number of rotatable bonds is 6. The van der Waals surface area contributed by atoms with Crippen molar-refractivity contribution in [1.82, 2.24) is 9.78 Å². The molecule has 2 N–H and O–H groups in total. The second-order valence-corrected chi connectivity index (χ2v) is 5.36. The van der Waals surface area contributed by atoms with Gasteiger partial charge < -0.3 is 10.5 Å². The number of methoxy groups -OCH3 is 1. The monoisotopic (exact) mass is 307 g/mol. The molecule has 0 saturated heterocycles. The topological polar surface area (TPSA) is 70.1 Å². The van der Waals surface area contributed by atoms with Crippen LogP contribution in [0.15, 0.2) is 36.5 Å². The number of Topliss-reactive ketones (excluding diaryl/α,β-unsaturated/α-hetero) is 1. The van der Waals surface area contributed by atoms with Crippen LogP contribution in [0.5, 0.6) is 0 Å². The van der Waals surface area contributed by atoms with E-state index in [0.29, 0.717) is 23.9 Å². The van der Waals surface area contributed by atoms with Gasteiger partial charge in [0.2, 0.25) is 5.78 Å². The highest BCUT2D eigenvalue weighted by Crippen LogP contribution is 2.26. The molecule has 0 aliphatic heterocycles. The third kappa shape index (κ3) is 3.15. The summed E-state index contributed by atoms with van der Waals surface area (Å²) in [5.74, 6) is -0.271. The Morgan fingerprint density at radius 1 is 1.43 bits per heavy atom. The molecule has 0 radical (unpaired) electrons. The number of hydrogen-bond acceptors (Lipinski definition) is 4. The van der Waals surface area contributed by atoms with E-state index in [1.54, 1.807) is 14.0 Å². The number of carbonyl (C=O) groups is 1. The van der Waals surface area contributed by atoms with Gasteiger partial charge in [-0.25, -0.2) is 0 Å². The number of ether oxygens (including phenoxy) is 1. The third-order valence-electron chi connectivity index (χ3n) is 3.36. The van der Waals surface area contributed by atoms with Crippen LogP contribution >= 0.6 is 11.6 Å². The summed E-state index contributed by atoms with van der Waals surface area (Å²) in [6.07, 6.45) is 1.45. The van der Waals surface area contributed by atoms with Crippen molar-refractivity contribution in [3.8, 4) is 0 Å². The molecule has 0 saturated carbocycles. The maximum Gasteiger partial charge on any atom is 0.206 e. The van der Waals surface area contributed by atoms with Crippen molar-refractivity contribution < 1.29 is 9.53 Å². The fraction of sp³-hybridized carbons (Fsp3) is 0.333. The fourth-order valence-electron chi connectivity index (χ4n) is 2.10. The minimum atomic E-state index is -1.17. The van der Waals surface area contributed by atoms with E-state index in [1.807, 2.05) is 30.3 Å². The highest BCUT2D eigenvalue weighted by Gasteiger charge is 2.35. The summed E-state index contributed by atoms with van der Waals surface area (Å²) in [5.41, 5.74) is 6.12. The van der Waals surface area contributed by atoms with E-state index in [1.165, 1.54) is 10.9 Å². The molecule has 2 aromatic rings. The zero-order valence-electron chi connectivity index (χ0n) is 12.0. The molecule has 0 bridgehead atoms. The summed E-state index contributed by atoms with van der Waals surface area (Å²) < 4.78 is 6.54. The van der Waals surface area contributed by atoms with Gasteiger partial charge in [0.05, 0.1) is 24.4 Å². The minimum absolute atomic E-state index is 0.271.